The van der Waals surface area contributed by atoms with E-state index in [0.29, 0.717) is 0 Å². The molecule has 0 rings (SSSR count). The molecule has 20 valence electrons. The molecular formula is CH2BPS. The second-order valence-electron chi connectivity index (χ2n) is 0.288. The van der Waals surface area contributed by atoms with Crippen LogP contribution in [0.25, 0.3) is 0 Å². The molecule has 0 saturated heterocycles. The molecule has 0 unspecified atom stereocenters. The van der Waals surface area contributed by atoms with Gasteiger partial charge in [-0.2, -0.15) is 0 Å². The predicted octanol–water partition coefficient (Wildman–Crippen LogP) is 0.446. The summed E-state index contributed by atoms with van der Waals surface area (Å²) in [7, 11) is 0.846. The molecule has 0 spiro atoms. The fraction of sp³-hybridized carbons (Fsp3) is 0. The van der Waals surface area contributed by atoms with E-state index >= 15 is 0 Å². The van der Waals surface area contributed by atoms with E-state index < -0.39 is 0 Å². The monoisotopic (exact) mass is 88.0 g/mol. The molecule has 0 nitrogen and oxygen atoms in total. The Hall–Kier alpha value is 0.455. The Morgan fingerprint density at radius 2 is 2.25 bits per heavy atom. The normalized spacial score (nSPS) is 6.00. The zero-order valence-corrected chi connectivity index (χ0v) is 3.85. The number of hydrogen-bond donors (Lipinski definition) is 0. The summed E-state index contributed by atoms with van der Waals surface area (Å²) in [5.74, 6) is 0. The molecule has 0 bridgehead atoms. The Labute approximate surface area is 32.9 Å². The van der Waals surface area contributed by atoms with Crippen LogP contribution in [0.1, 0.15) is 0 Å². The van der Waals surface area contributed by atoms with Gasteiger partial charge in [0.15, 0.2) is 0 Å². The van der Waals surface area contributed by atoms with Crippen molar-refractivity contribution in [2.75, 3.05) is 0 Å². The fourth-order valence-corrected chi connectivity index (χ4v) is 0. The molecule has 0 amide bonds. The van der Waals surface area contributed by atoms with Gasteiger partial charge in [0, 0.05) is 0 Å². The van der Waals surface area contributed by atoms with Gasteiger partial charge in [-0.15, -0.1) is 0 Å². The molecule has 0 radical (unpaired) electrons. The Kier molecular flexibility index (Phi) is 3.85. The molecule has 4 heavy (non-hydrogen) atoms. The first-order valence-electron chi connectivity index (χ1n) is 0.849. The molecule has 0 aromatic carbocycles. The van der Waals surface area contributed by atoms with E-state index in [1.165, 1.54) is 0 Å². The molecule has 0 fully saturated rings. The Morgan fingerprint density at radius 1 is 2.00 bits per heavy atom. The van der Waals surface area contributed by atoms with Gasteiger partial charge in [0.05, 0.1) is 0 Å². The van der Waals surface area contributed by atoms with E-state index in [0.717, 1.165) is 7.23 Å². The van der Waals surface area contributed by atoms with E-state index in [4.69, 9.17) is 0 Å². The van der Waals surface area contributed by atoms with Gasteiger partial charge < -0.3 is 0 Å². The number of hydrogen-bond acceptors (Lipinski definition) is 1. The van der Waals surface area contributed by atoms with Crippen molar-refractivity contribution in [3.8, 4) is 0 Å². The van der Waals surface area contributed by atoms with Crippen molar-refractivity contribution in [1.82, 2.24) is 0 Å². The molecule has 0 aromatic heterocycles. The van der Waals surface area contributed by atoms with Crippen molar-refractivity contribution in [3.05, 3.63) is 0 Å². The van der Waals surface area contributed by atoms with Crippen molar-refractivity contribution in [2.24, 2.45) is 0 Å². The van der Waals surface area contributed by atoms with Gasteiger partial charge in [0.2, 0.25) is 0 Å². The van der Waals surface area contributed by atoms with E-state index in [1.807, 2.05) is 0 Å². The van der Waals surface area contributed by atoms with Crippen molar-refractivity contribution >= 4 is 32.2 Å². The van der Waals surface area contributed by atoms with Crippen LogP contribution in [-0.4, -0.2) is 13.1 Å². The van der Waals surface area contributed by atoms with Gasteiger partial charge in [-0.3, -0.25) is 0 Å². The van der Waals surface area contributed by atoms with E-state index in [1.54, 1.807) is 6.64 Å². The van der Waals surface area contributed by atoms with Gasteiger partial charge >= 0.3 is 32.2 Å². The fourth-order valence-electron chi connectivity index (χ4n) is 0. The molecule has 0 heterocycles. The zero-order valence-electron chi connectivity index (χ0n) is 2.14. The third-order valence-electron chi connectivity index (χ3n) is 0.0745. The third-order valence-corrected chi connectivity index (χ3v) is 0.671. The molecule has 0 N–H and O–H groups in total. The van der Waals surface area contributed by atoms with Crippen LogP contribution in [0.15, 0.2) is 0 Å². The van der Waals surface area contributed by atoms with Crippen LogP contribution in [-0.2, 0) is 11.8 Å². The van der Waals surface area contributed by atoms with Crippen molar-refractivity contribution in [2.45, 2.75) is 0 Å². The zero-order chi connectivity index (χ0) is 3.41. The van der Waals surface area contributed by atoms with Gasteiger partial charge in [-0.05, 0) is 0 Å². The molecule has 0 aliphatic heterocycles. The average Bonchev–Trinajstić information content (AvgIpc) is 1.37. The molecule has 0 aromatic rings. The summed E-state index contributed by atoms with van der Waals surface area (Å²) in [4.78, 5) is 0. The molecular weight excluding hydrogens is 85.9 g/mol. The predicted molar refractivity (Wildman–Crippen MR) is 27.2 cm³/mol. The standard InChI is InChI=1S/CH2BPS/c1-2-3-4/h1H2. The first-order chi connectivity index (χ1) is 1.91. The van der Waals surface area contributed by atoms with Gasteiger partial charge in [0.25, 0.3) is 0 Å². The second kappa shape index (κ2) is 3.45. The number of rotatable bonds is 1. The van der Waals surface area contributed by atoms with Crippen LogP contribution in [0, 0.1) is 0 Å². The maximum atomic E-state index is 4.41. The van der Waals surface area contributed by atoms with Crippen LogP contribution in [0.4, 0.5) is 0 Å². The van der Waals surface area contributed by atoms with Crippen LogP contribution < -0.4 is 0 Å². The molecule has 0 aliphatic carbocycles. The minimum absolute atomic E-state index is 0.846. The quantitative estimate of drug-likeness (QED) is 0.331. The Bertz CT molecular complexity index is 29.0. The summed E-state index contributed by atoms with van der Waals surface area (Å²) in [6, 6.07) is 0. The van der Waals surface area contributed by atoms with Crippen LogP contribution >= 0.6 is 7.23 Å². The van der Waals surface area contributed by atoms with E-state index in [9.17, 15) is 0 Å². The topological polar surface area (TPSA) is 0 Å². The van der Waals surface area contributed by atoms with Crippen LogP contribution in [0.5, 0.6) is 0 Å². The molecule has 0 atom stereocenters. The Balaban J connectivity index is 2.73. The van der Waals surface area contributed by atoms with Crippen molar-refractivity contribution < 1.29 is 0 Å². The summed E-state index contributed by atoms with van der Waals surface area (Å²) in [6.45, 7) is 5.02. The third kappa shape index (κ3) is 2.45. The second-order valence-corrected chi connectivity index (χ2v) is 1.50. The van der Waals surface area contributed by atoms with Gasteiger partial charge in [0.1, 0.15) is 0 Å². The maximum absolute atomic E-state index is 4.41. The van der Waals surface area contributed by atoms with Gasteiger partial charge in [-0.1, -0.05) is 0 Å². The summed E-state index contributed by atoms with van der Waals surface area (Å²) in [5.41, 5.74) is 0. The van der Waals surface area contributed by atoms with Gasteiger partial charge in [-0.25, -0.2) is 0 Å². The molecule has 0 aliphatic rings. The first-order valence-corrected chi connectivity index (χ1v) is 2.83. The Morgan fingerprint density at radius 3 is 2.25 bits per heavy atom. The molecule has 3 heteroatoms. The van der Waals surface area contributed by atoms with Crippen molar-refractivity contribution in [1.29, 1.82) is 0 Å². The van der Waals surface area contributed by atoms with Crippen molar-refractivity contribution in [3.63, 3.8) is 0 Å². The first kappa shape index (κ1) is 4.45. The van der Waals surface area contributed by atoms with Crippen LogP contribution in [0.2, 0.25) is 0 Å². The summed E-state index contributed by atoms with van der Waals surface area (Å²) in [6.07, 6.45) is 0. The SMILES string of the molecule is C=BP=S. The minimum atomic E-state index is 0.846. The summed E-state index contributed by atoms with van der Waals surface area (Å²) in [5, 5.41) is 0. The summed E-state index contributed by atoms with van der Waals surface area (Å²) >= 11 is 4.41. The summed E-state index contributed by atoms with van der Waals surface area (Å²) < 4.78 is 0. The molecule has 0 saturated carbocycles. The van der Waals surface area contributed by atoms with E-state index in [-0.39, 0.29) is 0 Å². The average molecular weight is 87.9 g/mol. The van der Waals surface area contributed by atoms with Crippen LogP contribution in [0.3, 0.4) is 0 Å². The van der Waals surface area contributed by atoms with E-state index in [2.05, 4.69) is 18.3 Å².